The molecular weight excluding hydrogens is 257 g/mol. The Morgan fingerprint density at radius 3 is 2.53 bits per heavy atom. The number of benzene rings is 1. The van der Waals surface area contributed by atoms with Crippen LogP contribution in [0.2, 0.25) is 10.0 Å². The predicted octanol–water partition coefficient (Wildman–Crippen LogP) is 4.47. The van der Waals surface area contributed by atoms with Crippen molar-refractivity contribution < 1.29 is 4.79 Å². The van der Waals surface area contributed by atoms with Gasteiger partial charge in [-0.25, -0.2) is 0 Å². The highest BCUT2D eigenvalue weighted by Crippen LogP contribution is 2.44. The second kappa shape index (κ2) is 4.87. The highest BCUT2D eigenvalue weighted by atomic mass is 35.5. The highest BCUT2D eigenvalue weighted by molar-refractivity contribution is 6.37. The molecule has 92 valence electrons. The van der Waals surface area contributed by atoms with Crippen molar-refractivity contribution >= 4 is 34.8 Å². The van der Waals surface area contributed by atoms with E-state index in [2.05, 4.69) is 19.2 Å². The number of nitrogens with one attached hydrogen (secondary N) is 1. The van der Waals surface area contributed by atoms with Gasteiger partial charge in [0.25, 0.3) is 0 Å². The zero-order valence-corrected chi connectivity index (χ0v) is 11.4. The van der Waals surface area contributed by atoms with Crippen LogP contribution in [0.4, 0.5) is 5.69 Å². The molecule has 1 aromatic carbocycles. The number of amides is 1. The molecule has 0 bridgehead atoms. The zero-order valence-electron chi connectivity index (χ0n) is 9.89. The van der Waals surface area contributed by atoms with Crippen LogP contribution in [0, 0.1) is 5.92 Å². The maximum Gasteiger partial charge on any atom is 0.232 e. The molecule has 0 aliphatic carbocycles. The molecule has 0 fully saturated rings. The van der Waals surface area contributed by atoms with Gasteiger partial charge in [0, 0.05) is 5.02 Å². The SMILES string of the molecule is CCC(CC)C1C(=O)Nc2c(Cl)cc(Cl)cc21. The molecule has 17 heavy (non-hydrogen) atoms. The first-order valence-electron chi connectivity index (χ1n) is 5.88. The molecular formula is C13H15Cl2NO. The smallest absolute Gasteiger partial charge is 0.232 e. The summed E-state index contributed by atoms with van der Waals surface area (Å²) in [5.41, 5.74) is 1.68. The summed E-state index contributed by atoms with van der Waals surface area (Å²) in [4.78, 5) is 12.0. The lowest BCUT2D eigenvalue weighted by Crippen LogP contribution is -2.20. The van der Waals surface area contributed by atoms with Crippen molar-refractivity contribution in [2.75, 3.05) is 5.32 Å². The van der Waals surface area contributed by atoms with Gasteiger partial charge in [-0.1, -0.05) is 49.9 Å². The average Bonchev–Trinajstić information content (AvgIpc) is 2.59. The van der Waals surface area contributed by atoms with Crippen LogP contribution in [0.3, 0.4) is 0 Å². The third kappa shape index (κ3) is 2.16. The second-order valence-electron chi connectivity index (χ2n) is 4.40. The lowest BCUT2D eigenvalue weighted by Gasteiger charge is -2.19. The van der Waals surface area contributed by atoms with Gasteiger partial charge < -0.3 is 5.32 Å². The zero-order chi connectivity index (χ0) is 12.6. The monoisotopic (exact) mass is 271 g/mol. The summed E-state index contributed by atoms with van der Waals surface area (Å²) in [7, 11) is 0. The molecule has 1 heterocycles. The number of rotatable bonds is 3. The van der Waals surface area contributed by atoms with E-state index in [9.17, 15) is 4.79 Å². The van der Waals surface area contributed by atoms with Gasteiger partial charge in [-0.05, 0) is 23.6 Å². The number of halogens is 2. The van der Waals surface area contributed by atoms with Crippen molar-refractivity contribution in [3.8, 4) is 0 Å². The number of carbonyl (C=O) groups is 1. The van der Waals surface area contributed by atoms with Crippen molar-refractivity contribution in [2.45, 2.75) is 32.6 Å². The summed E-state index contributed by atoms with van der Waals surface area (Å²) < 4.78 is 0. The summed E-state index contributed by atoms with van der Waals surface area (Å²) in [6.45, 7) is 4.21. The number of fused-ring (bicyclic) bond motifs is 1. The molecule has 0 saturated carbocycles. The van der Waals surface area contributed by atoms with Crippen molar-refractivity contribution in [3.63, 3.8) is 0 Å². The first-order valence-corrected chi connectivity index (χ1v) is 6.63. The van der Waals surface area contributed by atoms with E-state index in [-0.39, 0.29) is 11.8 Å². The van der Waals surface area contributed by atoms with Gasteiger partial charge in [0.05, 0.1) is 16.6 Å². The molecule has 4 heteroatoms. The van der Waals surface area contributed by atoms with Crippen molar-refractivity contribution in [1.82, 2.24) is 0 Å². The third-order valence-corrected chi connectivity index (χ3v) is 3.99. The van der Waals surface area contributed by atoms with Gasteiger partial charge >= 0.3 is 0 Å². The molecule has 1 atom stereocenters. The van der Waals surface area contributed by atoms with Crippen molar-refractivity contribution in [1.29, 1.82) is 0 Å². The van der Waals surface area contributed by atoms with E-state index in [1.165, 1.54) is 0 Å². The Morgan fingerprint density at radius 1 is 1.29 bits per heavy atom. The van der Waals surface area contributed by atoms with Crippen LogP contribution in [0.15, 0.2) is 12.1 Å². The molecule has 0 saturated heterocycles. The topological polar surface area (TPSA) is 29.1 Å². The maximum atomic E-state index is 12.0. The van der Waals surface area contributed by atoms with Gasteiger partial charge in [-0.3, -0.25) is 4.79 Å². The van der Waals surface area contributed by atoms with Crippen LogP contribution in [0.1, 0.15) is 38.2 Å². The fraction of sp³-hybridized carbons (Fsp3) is 0.462. The Kier molecular flexibility index (Phi) is 3.64. The minimum Gasteiger partial charge on any atom is -0.324 e. The first-order chi connectivity index (χ1) is 8.08. The quantitative estimate of drug-likeness (QED) is 0.864. The van der Waals surface area contributed by atoms with Gasteiger partial charge in [0.2, 0.25) is 5.91 Å². The average molecular weight is 272 g/mol. The van der Waals surface area contributed by atoms with E-state index >= 15 is 0 Å². The van der Waals surface area contributed by atoms with Crippen LogP contribution in [0.5, 0.6) is 0 Å². The van der Waals surface area contributed by atoms with E-state index in [1.54, 1.807) is 6.07 Å². The summed E-state index contributed by atoms with van der Waals surface area (Å²) >= 11 is 12.1. The number of hydrogen-bond donors (Lipinski definition) is 1. The first kappa shape index (κ1) is 12.7. The van der Waals surface area contributed by atoms with E-state index in [4.69, 9.17) is 23.2 Å². The minimum atomic E-state index is -0.115. The molecule has 0 spiro atoms. The Hall–Kier alpha value is -0.730. The molecule has 1 unspecified atom stereocenters. The van der Waals surface area contributed by atoms with E-state index in [0.29, 0.717) is 16.0 Å². The Labute approximate surface area is 111 Å². The van der Waals surface area contributed by atoms with Crippen LogP contribution >= 0.6 is 23.2 Å². The van der Waals surface area contributed by atoms with E-state index in [1.807, 2.05) is 6.07 Å². The van der Waals surface area contributed by atoms with Crippen LogP contribution in [-0.4, -0.2) is 5.91 Å². The maximum absolute atomic E-state index is 12.0. The Balaban J connectivity index is 2.49. The molecule has 2 rings (SSSR count). The molecule has 1 N–H and O–H groups in total. The molecule has 1 aromatic rings. The Morgan fingerprint density at radius 2 is 1.94 bits per heavy atom. The Bertz CT molecular complexity index is 455. The van der Waals surface area contributed by atoms with Gasteiger partial charge in [0.15, 0.2) is 0 Å². The summed E-state index contributed by atoms with van der Waals surface area (Å²) in [5.74, 6) is 0.264. The fourth-order valence-electron chi connectivity index (χ4n) is 2.54. The molecule has 2 nitrogen and oxygen atoms in total. The van der Waals surface area contributed by atoms with Crippen molar-refractivity contribution in [2.24, 2.45) is 5.92 Å². The summed E-state index contributed by atoms with van der Waals surface area (Å²) in [5, 5.41) is 3.97. The van der Waals surface area contributed by atoms with Gasteiger partial charge in [-0.2, -0.15) is 0 Å². The standard InChI is InChI=1S/C13H15Cl2NO/c1-3-7(4-2)11-9-5-8(14)6-10(15)12(9)16-13(11)17/h5-7,11H,3-4H2,1-2H3,(H,16,17). The van der Waals surface area contributed by atoms with Crippen molar-refractivity contribution in [3.05, 3.63) is 27.7 Å². The summed E-state index contributed by atoms with van der Waals surface area (Å²) in [6, 6.07) is 3.52. The van der Waals surface area contributed by atoms with Crippen LogP contribution in [0.25, 0.3) is 0 Å². The van der Waals surface area contributed by atoms with Gasteiger partial charge in [0.1, 0.15) is 0 Å². The molecule has 1 amide bonds. The molecule has 1 aliphatic rings. The largest absolute Gasteiger partial charge is 0.324 e. The van der Waals surface area contributed by atoms with Crippen LogP contribution in [-0.2, 0) is 4.79 Å². The lowest BCUT2D eigenvalue weighted by molar-refractivity contribution is -0.118. The van der Waals surface area contributed by atoms with Crippen LogP contribution < -0.4 is 5.32 Å². The number of carbonyl (C=O) groups excluding carboxylic acids is 1. The normalized spacial score (nSPS) is 18.4. The van der Waals surface area contributed by atoms with Gasteiger partial charge in [-0.15, -0.1) is 0 Å². The number of anilines is 1. The van der Waals surface area contributed by atoms with E-state index in [0.717, 1.165) is 24.1 Å². The fourth-order valence-corrected chi connectivity index (χ4v) is 3.10. The molecule has 1 aliphatic heterocycles. The predicted molar refractivity (Wildman–Crippen MR) is 71.9 cm³/mol. The minimum absolute atomic E-state index is 0.0397. The summed E-state index contributed by atoms with van der Waals surface area (Å²) in [6.07, 6.45) is 1.94. The third-order valence-electron chi connectivity index (χ3n) is 3.47. The highest BCUT2D eigenvalue weighted by Gasteiger charge is 2.36. The molecule has 0 aromatic heterocycles. The lowest BCUT2D eigenvalue weighted by atomic mass is 9.83. The number of hydrogen-bond acceptors (Lipinski definition) is 1. The molecule has 0 radical (unpaired) electrons. The second-order valence-corrected chi connectivity index (χ2v) is 5.24. The van der Waals surface area contributed by atoms with E-state index < -0.39 is 0 Å².